The van der Waals surface area contributed by atoms with Crippen LogP contribution in [-0.4, -0.2) is 50.8 Å². The van der Waals surface area contributed by atoms with Gasteiger partial charge in [0, 0.05) is 43.0 Å². The van der Waals surface area contributed by atoms with Crippen LogP contribution in [0.4, 0.5) is 11.5 Å². The van der Waals surface area contributed by atoms with Gasteiger partial charge in [-0.15, -0.1) is 10.2 Å². The lowest BCUT2D eigenvalue weighted by atomic mass is 10.00. The van der Waals surface area contributed by atoms with Crippen molar-refractivity contribution in [2.45, 2.75) is 44.1 Å². The molecule has 5 aromatic rings. The molecular weight excluding hydrogens is 550 g/mol. The Bertz CT molecular complexity index is 1750. The maximum Gasteiger partial charge on any atom is 0.336 e. The van der Waals surface area contributed by atoms with Crippen LogP contribution >= 0.6 is 11.8 Å². The van der Waals surface area contributed by atoms with Gasteiger partial charge >= 0.3 is 5.63 Å². The van der Waals surface area contributed by atoms with E-state index in [-0.39, 0.29) is 5.63 Å². The highest BCUT2D eigenvalue weighted by Crippen LogP contribution is 2.32. The average molecular weight is 586 g/mol. The minimum Gasteiger partial charge on any atom is -0.423 e. The molecular formula is C31H35N7O3S. The quantitative estimate of drug-likeness (QED) is 0.183. The lowest BCUT2D eigenvalue weighted by Gasteiger charge is -2.29. The second kappa shape index (κ2) is 12.0. The Hall–Kier alpha value is -4.09. The number of ether oxygens (including phenoxy) is 1. The molecule has 2 aromatic carbocycles. The fourth-order valence-electron chi connectivity index (χ4n) is 5.37. The van der Waals surface area contributed by atoms with Crippen molar-refractivity contribution in [2.75, 3.05) is 36.5 Å². The number of para-hydroxylation sites is 1. The van der Waals surface area contributed by atoms with Crippen LogP contribution in [0.15, 0.2) is 69.0 Å². The molecule has 0 saturated carbocycles. The molecule has 0 unspecified atom stereocenters. The molecule has 10 nitrogen and oxygen atoms in total. The van der Waals surface area contributed by atoms with Crippen molar-refractivity contribution < 1.29 is 9.15 Å². The van der Waals surface area contributed by atoms with E-state index in [1.54, 1.807) is 17.8 Å². The van der Waals surface area contributed by atoms with Gasteiger partial charge in [0.25, 0.3) is 0 Å². The fourth-order valence-corrected chi connectivity index (χ4v) is 6.33. The van der Waals surface area contributed by atoms with Crippen molar-refractivity contribution in [2.24, 2.45) is 7.05 Å². The number of hydrogen-bond donors (Lipinski definition) is 1. The fraction of sp³-hybridized carbons (Fsp3) is 0.355. The van der Waals surface area contributed by atoms with Crippen LogP contribution < -0.4 is 15.8 Å². The molecule has 1 aliphatic rings. The maximum atomic E-state index is 12.4. The second-order valence-electron chi connectivity index (χ2n) is 10.7. The molecule has 0 atom stereocenters. The first-order valence-electron chi connectivity index (χ1n) is 14.2. The summed E-state index contributed by atoms with van der Waals surface area (Å²) in [6, 6.07) is 17.7. The van der Waals surface area contributed by atoms with Crippen LogP contribution in [-0.2, 0) is 24.1 Å². The number of benzene rings is 2. The zero-order valence-electron chi connectivity index (χ0n) is 24.3. The lowest BCUT2D eigenvalue weighted by molar-refractivity contribution is 0.122. The molecule has 218 valence electrons. The Kier molecular flexibility index (Phi) is 8.03. The highest BCUT2D eigenvalue weighted by atomic mass is 32.2. The van der Waals surface area contributed by atoms with E-state index in [0.717, 1.165) is 57.9 Å². The molecule has 0 amide bonds. The van der Waals surface area contributed by atoms with E-state index in [1.165, 1.54) is 5.56 Å². The van der Waals surface area contributed by atoms with E-state index in [2.05, 4.69) is 50.0 Å². The topological polar surface area (TPSA) is 103 Å². The lowest BCUT2D eigenvalue weighted by Crippen LogP contribution is -2.37. The molecule has 3 aromatic heterocycles. The van der Waals surface area contributed by atoms with Gasteiger partial charge < -0.3 is 19.4 Å². The molecule has 0 aliphatic carbocycles. The standard InChI is InChI=1S/C31H35N7O3S/c1-20(2)22-10-11-26-25(16-22)23(17-28(39)41-26)19-42-31-34-33-27(38(31)24-8-6-5-7-9-24)18-32-29-21(3)35-36(4)30(29)37-12-14-40-15-13-37/h5-11,16-17,20,32H,12-15,18-19H2,1-4H3. The van der Waals surface area contributed by atoms with Gasteiger partial charge in [-0.3, -0.25) is 9.25 Å². The molecule has 0 radical (unpaired) electrons. The summed E-state index contributed by atoms with van der Waals surface area (Å²) in [5.41, 5.74) is 5.24. The minimum atomic E-state index is -0.354. The van der Waals surface area contributed by atoms with Gasteiger partial charge in [-0.25, -0.2) is 4.79 Å². The van der Waals surface area contributed by atoms with Gasteiger partial charge in [0.15, 0.2) is 16.8 Å². The van der Waals surface area contributed by atoms with Crippen molar-refractivity contribution in [3.63, 3.8) is 0 Å². The van der Waals surface area contributed by atoms with Gasteiger partial charge in [0.2, 0.25) is 0 Å². The number of aryl methyl sites for hydroxylation is 2. The summed E-state index contributed by atoms with van der Waals surface area (Å²) < 4.78 is 15.1. The molecule has 0 spiro atoms. The molecule has 4 heterocycles. The molecule has 1 saturated heterocycles. The molecule has 1 fully saturated rings. The summed E-state index contributed by atoms with van der Waals surface area (Å²) in [6.07, 6.45) is 0. The number of rotatable bonds is 9. The highest BCUT2D eigenvalue weighted by molar-refractivity contribution is 7.98. The highest BCUT2D eigenvalue weighted by Gasteiger charge is 2.23. The van der Waals surface area contributed by atoms with Gasteiger partial charge in [0.1, 0.15) is 11.3 Å². The number of morpholine rings is 1. The van der Waals surface area contributed by atoms with Crippen LogP contribution in [0.3, 0.4) is 0 Å². The first-order valence-corrected chi connectivity index (χ1v) is 15.2. The number of hydrogen-bond acceptors (Lipinski definition) is 9. The Morgan fingerprint density at radius 1 is 1.05 bits per heavy atom. The molecule has 11 heteroatoms. The number of anilines is 2. The summed E-state index contributed by atoms with van der Waals surface area (Å²) in [4.78, 5) is 14.7. The first-order chi connectivity index (χ1) is 20.4. The van der Waals surface area contributed by atoms with Gasteiger partial charge in [-0.2, -0.15) is 5.10 Å². The molecule has 1 N–H and O–H groups in total. The predicted octanol–water partition coefficient (Wildman–Crippen LogP) is 5.28. The predicted molar refractivity (Wildman–Crippen MR) is 166 cm³/mol. The van der Waals surface area contributed by atoms with E-state index in [0.29, 0.717) is 37.0 Å². The third-order valence-electron chi connectivity index (χ3n) is 7.52. The molecule has 42 heavy (non-hydrogen) atoms. The van der Waals surface area contributed by atoms with Gasteiger partial charge in [-0.05, 0) is 48.2 Å². The van der Waals surface area contributed by atoms with Crippen molar-refractivity contribution in [1.29, 1.82) is 0 Å². The Labute approximate surface area is 248 Å². The third kappa shape index (κ3) is 5.66. The molecule has 6 rings (SSSR count). The Morgan fingerprint density at radius 2 is 1.83 bits per heavy atom. The number of aromatic nitrogens is 5. The number of nitrogens with zero attached hydrogens (tertiary/aromatic N) is 6. The summed E-state index contributed by atoms with van der Waals surface area (Å²) in [6.45, 7) is 9.82. The molecule has 0 bridgehead atoms. The largest absolute Gasteiger partial charge is 0.423 e. The van der Waals surface area contributed by atoms with Crippen molar-refractivity contribution in [1.82, 2.24) is 24.5 Å². The number of thioether (sulfide) groups is 1. The monoisotopic (exact) mass is 585 g/mol. The normalized spacial score (nSPS) is 13.8. The van der Waals surface area contributed by atoms with Gasteiger partial charge in [-0.1, -0.05) is 49.9 Å². The Morgan fingerprint density at radius 3 is 2.60 bits per heavy atom. The number of nitrogens with one attached hydrogen (secondary N) is 1. The SMILES string of the molecule is Cc1nn(C)c(N2CCOCC2)c1NCc1nnc(SCc2cc(=O)oc3ccc(C(C)C)cc23)n1-c1ccccc1. The van der Waals surface area contributed by atoms with Crippen molar-refractivity contribution in [3.05, 3.63) is 87.7 Å². The minimum absolute atomic E-state index is 0.354. The number of fused-ring (bicyclic) bond motifs is 1. The van der Waals surface area contributed by atoms with Crippen LogP contribution in [0.25, 0.3) is 16.7 Å². The van der Waals surface area contributed by atoms with Crippen LogP contribution in [0.5, 0.6) is 0 Å². The summed E-state index contributed by atoms with van der Waals surface area (Å²) >= 11 is 1.55. The average Bonchev–Trinajstić information content (AvgIpc) is 3.53. The summed E-state index contributed by atoms with van der Waals surface area (Å²) in [5, 5.41) is 19.2. The van der Waals surface area contributed by atoms with Crippen LogP contribution in [0, 0.1) is 6.92 Å². The Balaban J connectivity index is 1.30. The van der Waals surface area contributed by atoms with E-state index < -0.39 is 0 Å². The van der Waals surface area contributed by atoms with E-state index in [4.69, 9.17) is 9.15 Å². The van der Waals surface area contributed by atoms with E-state index in [9.17, 15) is 4.79 Å². The zero-order valence-corrected chi connectivity index (χ0v) is 25.1. The summed E-state index contributed by atoms with van der Waals surface area (Å²) in [5.74, 6) is 2.74. The smallest absolute Gasteiger partial charge is 0.336 e. The van der Waals surface area contributed by atoms with E-state index in [1.807, 2.05) is 61.1 Å². The van der Waals surface area contributed by atoms with Crippen molar-refractivity contribution in [3.8, 4) is 5.69 Å². The maximum absolute atomic E-state index is 12.4. The van der Waals surface area contributed by atoms with Crippen LogP contribution in [0.1, 0.15) is 42.4 Å². The summed E-state index contributed by atoms with van der Waals surface area (Å²) in [7, 11) is 1.97. The molecule has 1 aliphatic heterocycles. The zero-order chi connectivity index (χ0) is 29.2. The third-order valence-corrected chi connectivity index (χ3v) is 8.49. The second-order valence-corrected chi connectivity index (χ2v) is 11.7. The van der Waals surface area contributed by atoms with Crippen LogP contribution in [0.2, 0.25) is 0 Å². The van der Waals surface area contributed by atoms with Crippen molar-refractivity contribution >= 4 is 34.2 Å². The van der Waals surface area contributed by atoms with E-state index >= 15 is 0 Å². The van der Waals surface area contributed by atoms with Gasteiger partial charge in [0.05, 0.1) is 25.5 Å². The first kappa shape index (κ1) is 28.0.